The summed E-state index contributed by atoms with van der Waals surface area (Å²) in [5, 5.41) is 9.18. The van der Waals surface area contributed by atoms with E-state index in [4.69, 9.17) is 5.21 Å². The van der Waals surface area contributed by atoms with Crippen LogP contribution in [0.25, 0.3) is 10.1 Å². The zero-order valence-electron chi connectivity index (χ0n) is 13.3. The molecule has 0 radical (unpaired) electrons. The minimum absolute atomic E-state index is 0.345. The molecule has 1 atom stereocenters. The number of benzene rings is 2. The Kier molecular flexibility index (Phi) is 5.33. The molecule has 0 aliphatic heterocycles. The van der Waals surface area contributed by atoms with Crippen LogP contribution in [0.2, 0.25) is 0 Å². The number of nitrogens with one attached hydrogen (secondary N) is 2. The summed E-state index contributed by atoms with van der Waals surface area (Å²) in [6, 6.07) is 13.1. The van der Waals surface area contributed by atoms with Crippen molar-refractivity contribution in [2.24, 2.45) is 0 Å². The molecule has 6 nitrogen and oxygen atoms in total. The van der Waals surface area contributed by atoms with Crippen molar-refractivity contribution >= 4 is 37.4 Å². The maximum Gasteiger partial charge on any atom is 0.266 e. The number of halogens is 1. The van der Waals surface area contributed by atoms with Gasteiger partial charge in [-0.3, -0.25) is 10.0 Å². The lowest BCUT2D eigenvalue weighted by molar-refractivity contribution is -0.131. The monoisotopic (exact) mass is 394 g/mol. The van der Waals surface area contributed by atoms with Gasteiger partial charge in [0, 0.05) is 4.70 Å². The molecule has 0 spiro atoms. The largest absolute Gasteiger partial charge is 0.289 e. The molecule has 1 aromatic heterocycles. The number of hydroxylamine groups is 1. The van der Waals surface area contributed by atoms with E-state index >= 15 is 0 Å². The van der Waals surface area contributed by atoms with Crippen molar-refractivity contribution in [1.82, 2.24) is 10.2 Å². The molecular weight excluding hydrogens is 379 g/mol. The van der Waals surface area contributed by atoms with Gasteiger partial charge in [0.05, 0.1) is 5.75 Å². The summed E-state index contributed by atoms with van der Waals surface area (Å²) >= 11 is 0.981. The summed E-state index contributed by atoms with van der Waals surface area (Å²) in [7, 11) is -3.91. The summed E-state index contributed by atoms with van der Waals surface area (Å²) in [5.41, 5.74) is 2.32. The molecule has 0 bridgehead atoms. The highest BCUT2D eigenvalue weighted by atomic mass is 32.2. The molecule has 136 valence electrons. The fraction of sp³-hybridized carbons (Fsp3) is 0.118. The fourth-order valence-electron chi connectivity index (χ4n) is 2.57. The van der Waals surface area contributed by atoms with Gasteiger partial charge in [-0.05, 0) is 34.7 Å². The Morgan fingerprint density at radius 2 is 1.88 bits per heavy atom. The van der Waals surface area contributed by atoms with Crippen LogP contribution in [0.1, 0.15) is 17.2 Å². The normalized spacial score (nSPS) is 12.8. The highest BCUT2D eigenvalue weighted by Gasteiger charge is 2.26. The first-order valence-electron chi connectivity index (χ1n) is 7.55. The Bertz CT molecular complexity index is 1040. The first-order valence-corrected chi connectivity index (χ1v) is 10.0. The van der Waals surface area contributed by atoms with Crippen molar-refractivity contribution in [3.05, 3.63) is 70.9 Å². The third-order valence-electron chi connectivity index (χ3n) is 3.71. The number of rotatable bonds is 6. The molecule has 26 heavy (non-hydrogen) atoms. The van der Waals surface area contributed by atoms with Gasteiger partial charge in [0.2, 0.25) is 10.0 Å². The lowest BCUT2D eigenvalue weighted by atomic mass is 10.1. The number of carbonyl (C=O) groups is 1. The number of hydrogen-bond donors (Lipinski definition) is 3. The number of thiophene rings is 1. The van der Waals surface area contributed by atoms with Gasteiger partial charge < -0.3 is 0 Å². The Hall–Kier alpha value is -2.33. The molecule has 1 unspecified atom stereocenters. The van der Waals surface area contributed by atoms with Gasteiger partial charge in [0.1, 0.15) is 6.04 Å². The van der Waals surface area contributed by atoms with Gasteiger partial charge in [0.25, 0.3) is 5.91 Å². The molecule has 3 aromatic rings. The van der Waals surface area contributed by atoms with E-state index in [1.807, 2.05) is 0 Å². The van der Waals surface area contributed by atoms with Crippen LogP contribution in [0.3, 0.4) is 0 Å². The van der Waals surface area contributed by atoms with Crippen LogP contribution in [-0.4, -0.2) is 19.5 Å². The fourth-order valence-corrected chi connectivity index (χ4v) is 4.65. The third kappa shape index (κ3) is 4.25. The van der Waals surface area contributed by atoms with Gasteiger partial charge in [-0.1, -0.05) is 36.4 Å². The summed E-state index contributed by atoms with van der Waals surface area (Å²) in [6.07, 6.45) is 0. The molecule has 1 amide bonds. The van der Waals surface area contributed by atoms with Gasteiger partial charge in [-0.25, -0.2) is 13.9 Å². The molecule has 3 N–H and O–H groups in total. The van der Waals surface area contributed by atoms with Crippen LogP contribution >= 0.6 is 11.3 Å². The van der Waals surface area contributed by atoms with Gasteiger partial charge in [0.15, 0.2) is 5.13 Å². The second kappa shape index (κ2) is 7.50. The van der Waals surface area contributed by atoms with E-state index in [-0.39, 0.29) is 10.9 Å². The second-order valence-electron chi connectivity index (χ2n) is 5.62. The van der Waals surface area contributed by atoms with Crippen molar-refractivity contribution in [1.29, 1.82) is 0 Å². The number of amides is 1. The molecule has 0 aliphatic rings. The summed E-state index contributed by atoms with van der Waals surface area (Å²) < 4.78 is 41.3. The van der Waals surface area contributed by atoms with Gasteiger partial charge >= 0.3 is 0 Å². The van der Waals surface area contributed by atoms with Crippen molar-refractivity contribution in [3.8, 4) is 0 Å². The second-order valence-corrected chi connectivity index (χ2v) is 8.41. The standard InChI is InChI=1S/C17H15FN2O4S2/c18-15-9-13-8-11(6-7-14(13)25-15)10-26(23,24)20-16(17(21)19-22)12-4-2-1-3-5-12/h1-9,16,20,22H,10H2,(H,19,21). The van der Waals surface area contributed by atoms with E-state index in [9.17, 15) is 17.6 Å². The molecule has 2 aromatic carbocycles. The summed E-state index contributed by atoms with van der Waals surface area (Å²) in [4.78, 5) is 11.9. The van der Waals surface area contributed by atoms with Crippen molar-refractivity contribution in [2.45, 2.75) is 11.8 Å². The number of fused-ring (bicyclic) bond motifs is 1. The molecule has 0 fully saturated rings. The Morgan fingerprint density at radius 1 is 1.15 bits per heavy atom. The Labute approximate surface area is 153 Å². The molecule has 0 saturated carbocycles. The van der Waals surface area contributed by atoms with Crippen molar-refractivity contribution in [3.63, 3.8) is 0 Å². The Morgan fingerprint density at radius 3 is 2.58 bits per heavy atom. The van der Waals surface area contributed by atoms with Crippen molar-refractivity contribution in [2.75, 3.05) is 0 Å². The van der Waals surface area contributed by atoms with Crippen LogP contribution in [0.15, 0.2) is 54.6 Å². The highest BCUT2D eigenvalue weighted by molar-refractivity contribution is 7.88. The first-order chi connectivity index (χ1) is 12.4. The number of hydrogen-bond acceptors (Lipinski definition) is 5. The number of sulfonamides is 1. The SMILES string of the molecule is O=C(NO)C(NS(=O)(=O)Cc1ccc2sc(F)cc2c1)c1ccccc1. The first kappa shape index (κ1) is 18.5. The van der Waals surface area contributed by atoms with Crippen LogP contribution in [0.5, 0.6) is 0 Å². The van der Waals surface area contributed by atoms with Crippen LogP contribution in [0.4, 0.5) is 4.39 Å². The zero-order valence-corrected chi connectivity index (χ0v) is 15.0. The molecule has 0 aliphatic carbocycles. The van der Waals surface area contributed by atoms with Crippen LogP contribution < -0.4 is 10.2 Å². The zero-order chi connectivity index (χ0) is 18.7. The lowest BCUT2D eigenvalue weighted by Crippen LogP contribution is -2.39. The smallest absolute Gasteiger partial charge is 0.266 e. The van der Waals surface area contributed by atoms with Crippen molar-refractivity contribution < 1.29 is 22.8 Å². The maximum atomic E-state index is 13.3. The highest BCUT2D eigenvalue weighted by Crippen LogP contribution is 2.26. The maximum absolute atomic E-state index is 13.3. The third-order valence-corrected chi connectivity index (χ3v) is 5.92. The molecule has 1 heterocycles. The summed E-state index contributed by atoms with van der Waals surface area (Å²) in [5.74, 6) is -1.28. The minimum atomic E-state index is -3.91. The predicted molar refractivity (Wildman–Crippen MR) is 96.7 cm³/mol. The van der Waals surface area contributed by atoms with E-state index in [1.54, 1.807) is 48.5 Å². The van der Waals surface area contributed by atoms with Crippen LogP contribution in [0, 0.1) is 5.13 Å². The molecule has 0 saturated heterocycles. The van der Waals surface area contributed by atoms with E-state index in [2.05, 4.69) is 4.72 Å². The van der Waals surface area contributed by atoms with E-state index in [0.29, 0.717) is 16.5 Å². The average Bonchev–Trinajstić information content (AvgIpc) is 2.98. The number of carbonyl (C=O) groups excluding carboxylic acids is 1. The Balaban J connectivity index is 1.84. The molecular formula is C17H15FN2O4S2. The van der Waals surface area contributed by atoms with Gasteiger partial charge in [-0.15, -0.1) is 11.3 Å². The molecule has 9 heteroatoms. The summed E-state index contributed by atoms with van der Waals surface area (Å²) in [6.45, 7) is 0. The quantitative estimate of drug-likeness (QED) is 0.442. The topological polar surface area (TPSA) is 95.5 Å². The van der Waals surface area contributed by atoms with E-state index in [0.717, 1.165) is 16.0 Å². The van der Waals surface area contributed by atoms with Crippen LogP contribution in [-0.2, 0) is 20.6 Å². The lowest BCUT2D eigenvalue weighted by Gasteiger charge is -2.17. The predicted octanol–water partition coefficient (Wildman–Crippen LogP) is 2.71. The minimum Gasteiger partial charge on any atom is -0.289 e. The van der Waals surface area contributed by atoms with Gasteiger partial charge in [-0.2, -0.15) is 9.11 Å². The van der Waals surface area contributed by atoms with E-state index < -0.39 is 22.0 Å². The van der Waals surface area contributed by atoms with E-state index in [1.165, 1.54) is 11.5 Å². The molecule has 3 rings (SSSR count). The average molecular weight is 394 g/mol.